The minimum absolute atomic E-state index is 0.185. The van der Waals surface area contributed by atoms with E-state index in [4.69, 9.17) is 4.74 Å². The topological polar surface area (TPSA) is 41.6 Å². The molecule has 0 amide bonds. The van der Waals surface area contributed by atoms with Crippen LogP contribution < -0.4 is 10.1 Å². The molecule has 1 heterocycles. The zero-order valence-corrected chi connectivity index (χ0v) is 11.7. The van der Waals surface area contributed by atoms with E-state index in [1.807, 2.05) is 24.3 Å². The SMILES string of the molecule is COc1cccc(C(=O)CC(C)N2CCNCC2)c1. The van der Waals surface area contributed by atoms with E-state index in [0.29, 0.717) is 12.5 Å². The summed E-state index contributed by atoms with van der Waals surface area (Å²) in [5.74, 6) is 0.922. The van der Waals surface area contributed by atoms with E-state index in [2.05, 4.69) is 17.1 Å². The van der Waals surface area contributed by atoms with E-state index < -0.39 is 0 Å². The first-order valence-corrected chi connectivity index (χ1v) is 6.82. The lowest BCUT2D eigenvalue weighted by Crippen LogP contribution is -2.48. The number of nitrogens with one attached hydrogen (secondary N) is 1. The molecule has 0 radical (unpaired) electrons. The summed E-state index contributed by atoms with van der Waals surface area (Å²) in [5.41, 5.74) is 0.737. The Labute approximate surface area is 114 Å². The number of hydrogen-bond acceptors (Lipinski definition) is 4. The molecule has 1 aromatic rings. The molecule has 1 N–H and O–H groups in total. The van der Waals surface area contributed by atoms with Gasteiger partial charge in [0.15, 0.2) is 5.78 Å². The third kappa shape index (κ3) is 3.78. The molecule has 1 aliphatic heterocycles. The molecule has 0 saturated carbocycles. The Balaban J connectivity index is 1.95. The van der Waals surface area contributed by atoms with Gasteiger partial charge in [-0.05, 0) is 19.1 Å². The van der Waals surface area contributed by atoms with Crippen molar-refractivity contribution in [2.24, 2.45) is 0 Å². The molecule has 2 rings (SSSR count). The van der Waals surface area contributed by atoms with Crippen molar-refractivity contribution in [3.63, 3.8) is 0 Å². The van der Waals surface area contributed by atoms with Gasteiger partial charge >= 0.3 is 0 Å². The fraction of sp³-hybridized carbons (Fsp3) is 0.533. The first-order chi connectivity index (χ1) is 9.20. The Kier molecular flexibility index (Phi) is 4.93. The summed E-state index contributed by atoms with van der Waals surface area (Å²) >= 11 is 0. The highest BCUT2D eigenvalue weighted by Crippen LogP contribution is 2.16. The number of nitrogens with zero attached hydrogens (tertiary/aromatic N) is 1. The Hall–Kier alpha value is -1.39. The van der Waals surface area contributed by atoms with Crippen LogP contribution in [0.3, 0.4) is 0 Å². The number of ketones is 1. The van der Waals surface area contributed by atoms with Crippen molar-refractivity contribution < 1.29 is 9.53 Å². The summed E-state index contributed by atoms with van der Waals surface area (Å²) in [4.78, 5) is 14.6. The van der Waals surface area contributed by atoms with Gasteiger partial charge in [-0.25, -0.2) is 0 Å². The van der Waals surface area contributed by atoms with Crippen LogP contribution in [0.2, 0.25) is 0 Å². The minimum atomic E-state index is 0.185. The van der Waals surface area contributed by atoms with E-state index in [1.54, 1.807) is 7.11 Å². The molecule has 0 spiro atoms. The van der Waals surface area contributed by atoms with E-state index >= 15 is 0 Å². The summed E-state index contributed by atoms with van der Waals surface area (Å²) in [6.07, 6.45) is 0.563. The molecular formula is C15H22N2O2. The molecule has 1 unspecified atom stereocenters. The molecule has 4 heteroatoms. The van der Waals surface area contributed by atoms with E-state index in [0.717, 1.165) is 37.5 Å². The van der Waals surface area contributed by atoms with Crippen molar-refractivity contribution in [2.45, 2.75) is 19.4 Å². The second-order valence-corrected chi connectivity index (χ2v) is 4.99. The van der Waals surface area contributed by atoms with Crippen LogP contribution in [0.1, 0.15) is 23.7 Å². The standard InChI is InChI=1S/C15H22N2O2/c1-12(17-8-6-16-7-9-17)10-15(18)13-4-3-5-14(11-13)19-2/h3-5,11-12,16H,6-10H2,1-2H3. The molecule has 1 aliphatic rings. The number of ether oxygens (including phenoxy) is 1. The number of piperazine rings is 1. The van der Waals surface area contributed by atoms with Gasteiger partial charge in [0.1, 0.15) is 5.75 Å². The van der Waals surface area contributed by atoms with Gasteiger partial charge in [-0.2, -0.15) is 0 Å². The van der Waals surface area contributed by atoms with Crippen molar-refractivity contribution in [2.75, 3.05) is 33.3 Å². The monoisotopic (exact) mass is 262 g/mol. The number of carbonyl (C=O) groups excluding carboxylic acids is 1. The first kappa shape index (κ1) is 14.0. The van der Waals surface area contributed by atoms with Gasteiger partial charge in [-0.15, -0.1) is 0 Å². The molecule has 4 nitrogen and oxygen atoms in total. The number of rotatable bonds is 5. The van der Waals surface area contributed by atoms with Crippen molar-refractivity contribution in [3.8, 4) is 5.75 Å². The quantitative estimate of drug-likeness (QED) is 0.818. The zero-order chi connectivity index (χ0) is 13.7. The normalized spacial score (nSPS) is 18.0. The Morgan fingerprint density at radius 2 is 2.16 bits per heavy atom. The van der Waals surface area contributed by atoms with Crippen LogP contribution in [-0.4, -0.2) is 50.0 Å². The van der Waals surface area contributed by atoms with Crippen molar-refractivity contribution in [3.05, 3.63) is 29.8 Å². The molecule has 1 atom stereocenters. The number of Topliss-reactive ketones (excluding diaryl/α,β-unsaturated/α-hetero) is 1. The van der Waals surface area contributed by atoms with Crippen molar-refractivity contribution >= 4 is 5.78 Å². The maximum atomic E-state index is 12.3. The largest absolute Gasteiger partial charge is 0.497 e. The number of benzene rings is 1. The Bertz CT molecular complexity index is 428. The van der Waals surface area contributed by atoms with Crippen LogP contribution in [0, 0.1) is 0 Å². The second-order valence-electron chi connectivity index (χ2n) is 4.99. The number of methoxy groups -OCH3 is 1. The van der Waals surface area contributed by atoms with Crippen LogP contribution in [0.15, 0.2) is 24.3 Å². The highest BCUT2D eigenvalue weighted by Gasteiger charge is 2.19. The predicted octanol–water partition coefficient (Wildman–Crippen LogP) is 1.56. The molecule has 19 heavy (non-hydrogen) atoms. The average molecular weight is 262 g/mol. The second kappa shape index (κ2) is 6.68. The zero-order valence-electron chi connectivity index (χ0n) is 11.7. The lowest BCUT2D eigenvalue weighted by atomic mass is 10.0. The maximum absolute atomic E-state index is 12.3. The van der Waals surface area contributed by atoms with Gasteiger partial charge in [-0.3, -0.25) is 9.69 Å². The maximum Gasteiger partial charge on any atom is 0.164 e. The van der Waals surface area contributed by atoms with Gasteiger partial charge in [0.05, 0.1) is 7.11 Å². The summed E-state index contributed by atoms with van der Waals surface area (Å²) in [7, 11) is 1.62. The third-order valence-corrected chi connectivity index (χ3v) is 3.65. The summed E-state index contributed by atoms with van der Waals surface area (Å²) in [5, 5.41) is 3.33. The highest BCUT2D eigenvalue weighted by molar-refractivity contribution is 5.96. The molecule has 0 bridgehead atoms. The van der Waals surface area contributed by atoms with E-state index in [9.17, 15) is 4.79 Å². The molecule has 104 valence electrons. The smallest absolute Gasteiger partial charge is 0.164 e. The average Bonchev–Trinajstić information content (AvgIpc) is 2.48. The fourth-order valence-electron chi connectivity index (χ4n) is 2.43. The van der Waals surface area contributed by atoms with Crippen LogP contribution in [0.5, 0.6) is 5.75 Å². The van der Waals surface area contributed by atoms with Gasteiger partial charge < -0.3 is 10.1 Å². The van der Waals surface area contributed by atoms with Crippen molar-refractivity contribution in [1.82, 2.24) is 10.2 Å². The fourth-order valence-corrected chi connectivity index (χ4v) is 2.43. The molecule has 0 aromatic heterocycles. The van der Waals surface area contributed by atoms with E-state index in [1.165, 1.54) is 0 Å². The van der Waals surface area contributed by atoms with Gasteiger partial charge in [0.2, 0.25) is 0 Å². The highest BCUT2D eigenvalue weighted by atomic mass is 16.5. The Morgan fingerprint density at radius 1 is 1.42 bits per heavy atom. The number of carbonyl (C=O) groups is 1. The van der Waals surface area contributed by atoms with Crippen LogP contribution >= 0.6 is 0 Å². The first-order valence-electron chi connectivity index (χ1n) is 6.82. The third-order valence-electron chi connectivity index (χ3n) is 3.65. The lowest BCUT2D eigenvalue weighted by Gasteiger charge is -2.32. The van der Waals surface area contributed by atoms with Gasteiger partial charge in [-0.1, -0.05) is 12.1 Å². The van der Waals surface area contributed by atoms with Gasteiger partial charge in [0.25, 0.3) is 0 Å². The molecule has 1 saturated heterocycles. The lowest BCUT2D eigenvalue weighted by molar-refractivity contribution is 0.0917. The molecule has 0 aliphatic carbocycles. The Morgan fingerprint density at radius 3 is 2.84 bits per heavy atom. The van der Waals surface area contributed by atoms with Crippen LogP contribution in [0.4, 0.5) is 0 Å². The molecule has 1 aromatic carbocycles. The summed E-state index contributed by atoms with van der Waals surface area (Å²) in [6.45, 7) is 6.19. The van der Waals surface area contributed by atoms with Gasteiger partial charge in [0, 0.05) is 44.2 Å². The predicted molar refractivity (Wildman–Crippen MR) is 75.8 cm³/mol. The van der Waals surface area contributed by atoms with E-state index in [-0.39, 0.29) is 5.78 Å². The van der Waals surface area contributed by atoms with Crippen LogP contribution in [0.25, 0.3) is 0 Å². The minimum Gasteiger partial charge on any atom is -0.497 e. The van der Waals surface area contributed by atoms with Crippen LogP contribution in [-0.2, 0) is 0 Å². The molecular weight excluding hydrogens is 240 g/mol. The number of hydrogen-bond donors (Lipinski definition) is 1. The molecule has 1 fully saturated rings. The summed E-state index contributed by atoms with van der Waals surface area (Å²) in [6, 6.07) is 7.68. The summed E-state index contributed by atoms with van der Waals surface area (Å²) < 4.78 is 5.16. The van der Waals surface area contributed by atoms with Crippen molar-refractivity contribution in [1.29, 1.82) is 0 Å².